The van der Waals surface area contributed by atoms with E-state index in [-0.39, 0.29) is 23.5 Å². The van der Waals surface area contributed by atoms with Crippen molar-refractivity contribution in [1.29, 1.82) is 5.26 Å². The normalized spacial score (nSPS) is 36.0. The molecule has 0 aliphatic carbocycles. The Morgan fingerprint density at radius 1 is 1.25 bits per heavy atom. The Kier molecular flexibility index (Phi) is 3.19. The highest BCUT2D eigenvalue weighted by Gasteiger charge is 2.40. The van der Waals surface area contributed by atoms with Gasteiger partial charge in [0.1, 0.15) is 0 Å². The number of hydrogen-bond acceptors (Lipinski definition) is 5. The smallest absolute Gasteiger partial charge is 0.154 e. The van der Waals surface area contributed by atoms with E-state index < -0.39 is 15.9 Å². The molecule has 6 heteroatoms. The molecule has 16 heavy (non-hydrogen) atoms. The van der Waals surface area contributed by atoms with Crippen molar-refractivity contribution in [3.8, 4) is 6.07 Å². The average Bonchev–Trinajstić information content (AvgIpc) is 2.52. The molecule has 0 amide bonds. The van der Waals surface area contributed by atoms with Crippen LogP contribution >= 0.6 is 0 Å². The Bertz CT molecular complexity index is 393. The summed E-state index contributed by atoms with van der Waals surface area (Å²) in [7, 11) is -3.07. The van der Waals surface area contributed by atoms with Gasteiger partial charge in [-0.3, -0.25) is 4.90 Å². The number of likely N-dealkylation sites (tertiary alicyclic amines) is 1. The molecule has 2 rings (SSSR count). The first-order chi connectivity index (χ1) is 7.52. The van der Waals surface area contributed by atoms with E-state index >= 15 is 0 Å². The van der Waals surface area contributed by atoms with Gasteiger partial charge in [-0.1, -0.05) is 0 Å². The zero-order valence-corrected chi connectivity index (χ0v) is 9.86. The van der Waals surface area contributed by atoms with E-state index in [9.17, 15) is 13.5 Å². The van der Waals surface area contributed by atoms with Gasteiger partial charge in [-0.2, -0.15) is 5.26 Å². The summed E-state index contributed by atoms with van der Waals surface area (Å²) in [5.74, 6) is 0.0349. The van der Waals surface area contributed by atoms with Crippen LogP contribution in [0.15, 0.2) is 0 Å². The minimum Gasteiger partial charge on any atom is -0.390 e. The molecule has 2 saturated heterocycles. The lowest BCUT2D eigenvalue weighted by Gasteiger charge is -2.34. The zero-order chi connectivity index (χ0) is 11.8. The predicted molar refractivity (Wildman–Crippen MR) is 58.4 cm³/mol. The van der Waals surface area contributed by atoms with Gasteiger partial charge in [0, 0.05) is 5.92 Å². The lowest BCUT2D eigenvalue weighted by Crippen LogP contribution is -2.47. The standard InChI is InChI=1S/C10H16N2O3S/c11-5-8-1-3-12(4-2-8)9-6-16(14,15)7-10(9)13/h8-10,13H,1-4,6-7H2/t9-,10-/m1/s1. The van der Waals surface area contributed by atoms with Crippen LogP contribution in [0, 0.1) is 17.2 Å². The van der Waals surface area contributed by atoms with Gasteiger partial charge in [0.05, 0.1) is 29.7 Å². The summed E-state index contributed by atoms with van der Waals surface area (Å²) in [5, 5.41) is 18.5. The summed E-state index contributed by atoms with van der Waals surface area (Å²) in [6.07, 6.45) is 0.795. The second-order valence-corrected chi connectivity index (χ2v) is 6.80. The summed E-state index contributed by atoms with van der Waals surface area (Å²) >= 11 is 0. The third-order valence-electron chi connectivity index (χ3n) is 3.47. The monoisotopic (exact) mass is 244 g/mol. The van der Waals surface area contributed by atoms with Crippen molar-refractivity contribution in [2.75, 3.05) is 24.6 Å². The predicted octanol–water partition coefficient (Wildman–Crippen LogP) is -0.620. The molecule has 0 aromatic heterocycles. The molecule has 0 aromatic carbocycles. The number of aliphatic hydroxyl groups is 1. The third-order valence-corrected chi connectivity index (χ3v) is 5.17. The fourth-order valence-electron chi connectivity index (χ4n) is 2.52. The second kappa shape index (κ2) is 4.32. The van der Waals surface area contributed by atoms with Crippen molar-refractivity contribution in [2.24, 2.45) is 5.92 Å². The average molecular weight is 244 g/mol. The molecular weight excluding hydrogens is 228 g/mol. The Labute approximate surface area is 95.6 Å². The van der Waals surface area contributed by atoms with Crippen molar-refractivity contribution >= 4 is 9.84 Å². The van der Waals surface area contributed by atoms with Crippen LogP contribution in [0.2, 0.25) is 0 Å². The van der Waals surface area contributed by atoms with E-state index in [0.29, 0.717) is 0 Å². The minimum absolute atomic E-state index is 0.0609. The second-order valence-electron chi connectivity index (χ2n) is 4.65. The molecule has 2 fully saturated rings. The van der Waals surface area contributed by atoms with Crippen LogP contribution in [-0.4, -0.2) is 55.2 Å². The SMILES string of the molecule is N#CC1CCN([C@@H]2CS(=O)(=O)C[C@H]2O)CC1. The summed E-state index contributed by atoms with van der Waals surface area (Å²) in [6.45, 7) is 1.44. The van der Waals surface area contributed by atoms with E-state index in [4.69, 9.17) is 5.26 Å². The van der Waals surface area contributed by atoms with Gasteiger partial charge in [0.2, 0.25) is 0 Å². The van der Waals surface area contributed by atoms with Gasteiger partial charge in [0.25, 0.3) is 0 Å². The van der Waals surface area contributed by atoms with E-state index in [1.165, 1.54) is 0 Å². The van der Waals surface area contributed by atoms with Gasteiger partial charge >= 0.3 is 0 Å². The van der Waals surface area contributed by atoms with Gasteiger partial charge in [-0.15, -0.1) is 0 Å². The fraction of sp³-hybridized carbons (Fsp3) is 0.900. The number of sulfone groups is 1. The molecule has 0 aromatic rings. The molecular formula is C10H16N2O3S. The minimum atomic E-state index is -3.07. The van der Waals surface area contributed by atoms with E-state index in [2.05, 4.69) is 6.07 Å². The molecule has 2 heterocycles. The molecule has 5 nitrogen and oxygen atoms in total. The van der Waals surface area contributed by atoms with Crippen LogP contribution in [-0.2, 0) is 9.84 Å². The van der Waals surface area contributed by atoms with Gasteiger partial charge in [0.15, 0.2) is 9.84 Å². The number of nitrogens with zero attached hydrogens (tertiary/aromatic N) is 2. The number of nitriles is 1. The first kappa shape index (κ1) is 11.8. The first-order valence-corrected chi connectivity index (χ1v) is 7.36. The lowest BCUT2D eigenvalue weighted by atomic mass is 9.97. The molecule has 2 aliphatic heterocycles. The van der Waals surface area contributed by atoms with E-state index in [0.717, 1.165) is 25.9 Å². The maximum Gasteiger partial charge on any atom is 0.154 e. The van der Waals surface area contributed by atoms with Crippen molar-refractivity contribution in [3.05, 3.63) is 0 Å². The van der Waals surface area contributed by atoms with Gasteiger partial charge < -0.3 is 5.11 Å². The highest BCUT2D eigenvalue weighted by atomic mass is 32.2. The van der Waals surface area contributed by atoms with Gasteiger partial charge in [-0.25, -0.2) is 8.42 Å². The number of aliphatic hydroxyl groups excluding tert-OH is 1. The topological polar surface area (TPSA) is 81.4 Å². The Balaban J connectivity index is 1.98. The van der Waals surface area contributed by atoms with Crippen molar-refractivity contribution in [3.63, 3.8) is 0 Å². The van der Waals surface area contributed by atoms with Crippen LogP contribution in [0.3, 0.4) is 0 Å². The molecule has 0 bridgehead atoms. The molecule has 0 unspecified atom stereocenters. The number of hydrogen-bond donors (Lipinski definition) is 1. The molecule has 0 saturated carbocycles. The summed E-state index contributed by atoms with van der Waals surface area (Å²) in [4.78, 5) is 2.02. The summed E-state index contributed by atoms with van der Waals surface area (Å²) < 4.78 is 22.8. The Morgan fingerprint density at radius 3 is 2.31 bits per heavy atom. The molecule has 90 valence electrons. The number of rotatable bonds is 1. The maximum atomic E-state index is 11.4. The Morgan fingerprint density at radius 2 is 1.88 bits per heavy atom. The van der Waals surface area contributed by atoms with Crippen molar-refractivity contribution in [2.45, 2.75) is 25.0 Å². The zero-order valence-electron chi connectivity index (χ0n) is 9.04. The highest BCUT2D eigenvalue weighted by molar-refractivity contribution is 7.91. The molecule has 2 atom stereocenters. The highest BCUT2D eigenvalue weighted by Crippen LogP contribution is 2.24. The lowest BCUT2D eigenvalue weighted by molar-refractivity contribution is 0.0644. The third kappa shape index (κ3) is 2.37. The van der Waals surface area contributed by atoms with Crippen LogP contribution in [0.4, 0.5) is 0 Å². The molecule has 2 aliphatic rings. The van der Waals surface area contributed by atoms with E-state index in [1.54, 1.807) is 0 Å². The van der Waals surface area contributed by atoms with Crippen molar-refractivity contribution in [1.82, 2.24) is 4.90 Å². The van der Waals surface area contributed by atoms with Crippen LogP contribution in [0.5, 0.6) is 0 Å². The largest absolute Gasteiger partial charge is 0.390 e. The molecule has 0 radical (unpaired) electrons. The quantitative estimate of drug-likeness (QED) is 0.665. The van der Waals surface area contributed by atoms with Crippen LogP contribution in [0.1, 0.15) is 12.8 Å². The van der Waals surface area contributed by atoms with E-state index in [1.807, 2.05) is 4.90 Å². The molecule has 1 N–H and O–H groups in total. The van der Waals surface area contributed by atoms with Crippen LogP contribution < -0.4 is 0 Å². The number of piperidine rings is 1. The van der Waals surface area contributed by atoms with Crippen molar-refractivity contribution < 1.29 is 13.5 Å². The Hall–Kier alpha value is -0.640. The fourth-order valence-corrected chi connectivity index (χ4v) is 4.35. The maximum absolute atomic E-state index is 11.4. The summed E-state index contributed by atoms with van der Waals surface area (Å²) in [6, 6.07) is 1.98. The molecule has 0 spiro atoms. The summed E-state index contributed by atoms with van der Waals surface area (Å²) in [5.41, 5.74) is 0. The first-order valence-electron chi connectivity index (χ1n) is 5.54. The van der Waals surface area contributed by atoms with Crippen LogP contribution in [0.25, 0.3) is 0 Å². The van der Waals surface area contributed by atoms with Gasteiger partial charge in [-0.05, 0) is 25.9 Å².